The van der Waals surface area contributed by atoms with E-state index in [2.05, 4.69) is 25.9 Å². The van der Waals surface area contributed by atoms with Crippen LogP contribution < -0.4 is 16.0 Å². The molecular formula is C17H28F3N5O2S. The maximum atomic E-state index is 12.6. The summed E-state index contributed by atoms with van der Waals surface area (Å²) < 4.78 is 43.1. The minimum Gasteiger partial charge on any atom is -0.444 e. The molecule has 160 valence electrons. The third-order valence-electron chi connectivity index (χ3n) is 3.10. The molecule has 0 aliphatic heterocycles. The second-order valence-corrected chi connectivity index (χ2v) is 8.63. The van der Waals surface area contributed by atoms with Crippen LogP contribution in [0.2, 0.25) is 0 Å². The molecule has 0 aliphatic carbocycles. The molecule has 1 aromatic heterocycles. The Balaban J connectivity index is 2.67. The maximum absolute atomic E-state index is 12.6. The van der Waals surface area contributed by atoms with E-state index in [1.54, 1.807) is 20.8 Å². The smallest absolute Gasteiger partial charge is 0.434 e. The van der Waals surface area contributed by atoms with Crippen LogP contribution in [0.1, 0.15) is 52.2 Å². The van der Waals surface area contributed by atoms with E-state index in [1.807, 2.05) is 20.8 Å². The molecule has 1 rings (SSSR count). The van der Waals surface area contributed by atoms with Crippen LogP contribution >= 0.6 is 11.3 Å². The van der Waals surface area contributed by atoms with Crippen molar-refractivity contribution in [2.45, 2.75) is 65.4 Å². The fourth-order valence-corrected chi connectivity index (χ4v) is 2.66. The number of ether oxygens (including phenoxy) is 1. The normalized spacial score (nSPS) is 13.2. The van der Waals surface area contributed by atoms with Gasteiger partial charge in [-0.25, -0.2) is 14.8 Å². The van der Waals surface area contributed by atoms with E-state index >= 15 is 0 Å². The summed E-state index contributed by atoms with van der Waals surface area (Å²) in [6, 6.07) is 0. The second-order valence-electron chi connectivity index (χ2n) is 7.68. The minimum absolute atomic E-state index is 0.00992. The SMILES string of the molecule is CCNC(=NCc1nc(C(F)(F)F)cs1)NCC(C)(C)NC(=O)OC(C)(C)C. The lowest BCUT2D eigenvalue weighted by molar-refractivity contribution is -0.140. The highest BCUT2D eigenvalue weighted by Gasteiger charge is 2.33. The van der Waals surface area contributed by atoms with Crippen molar-refractivity contribution in [2.24, 2.45) is 4.99 Å². The van der Waals surface area contributed by atoms with Gasteiger partial charge in [0, 0.05) is 18.5 Å². The van der Waals surface area contributed by atoms with Crippen LogP contribution in [0.15, 0.2) is 10.4 Å². The number of amides is 1. The maximum Gasteiger partial charge on any atom is 0.434 e. The largest absolute Gasteiger partial charge is 0.444 e. The molecule has 0 fully saturated rings. The predicted molar refractivity (Wildman–Crippen MR) is 103 cm³/mol. The Morgan fingerprint density at radius 3 is 2.36 bits per heavy atom. The number of rotatable bonds is 6. The van der Waals surface area contributed by atoms with E-state index in [-0.39, 0.29) is 11.6 Å². The molecule has 0 radical (unpaired) electrons. The predicted octanol–water partition coefficient (Wildman–Crippen LogP) is 3.52. The first kappa shape index (κ1) is 24.0. The standard InChI is InChI=1S/C17H28F3N5O2S/c1-7-21-13(22-8-12-24-11(9-28-12)17(18,19)20)23-10-16(5,6)25-14(26)27-15(2,3)4/h9H,7-8,10H2,1-6H3,(H,25,26)(H2,21,22,23). The van der Waals surface area contributed by atoms with E-state index in [0.717, 1.165) is 16.7 Å². The Morgan fingerprint density at radius 2 is 1.86 bits per heavy atom. The fourth-order valence-electron chi connectivity index (χ4n) is 1.93. The number of hydrogen-bond donors (Lipinski definition) is 3. The Kier molecular flexibility index (Phi) is 8.09. The van der Waals surface area contributed by atoms with Crippen molar-refractivity contribution < 1.29 is 22.7 Å². The molecule has 3 N–H and O–H groups in total. The summed E-state index contributed by atoms with van der Waals surface area (Å²) >= 11 is 0.906. The summed E-state index contributed by atoms with van der Waals surface area (Å²) in [5, 5.41) is 10.1. The number of halogens is 3. The van der Waals surface area contributed by atoms with E-state index < -0.39 is 29.1 Å². The first-order valence-corrected chi connectivity index (χ1v) is 9.65. The first-order chi connectivity index (χ1) is 12.7. The highest BCUT2D eigenvalue weighted by atomic mass is 32.1. The molecule has 1 amide bonds. The number of nitrogens with one attached hydrogen (secondary N) is 3. The van der Waals surface area contributed by atoms with Crippen molar-refractivity contribution in [2.75, 3.05) is 13.1 Å². The quantitative estimate of drug-likeness (QED) is 0.481. The Hall–Kier alpha value is -2.04. The third kappa shape index (κ3) is 9.25. The van der Waals surface area contributed by atoms with Gasteiger partial charge < -0.3 is 20.7 Å². The third-order valence-corrected chi connectivity index (χ3v) is 3.93. The van der Waals surface area contributed by atoms with E-state index in [4.69, 9.17) is 4.74 Å². The average Bonchev–Trinajstić information content (AvgIpc) is 2.96. The lowest BCUT2D eigenvalue weighted by Gasteiger charge is -2.29. The summed E-state index contributed by atoms with van der Waals surface area (Å²) in [4.78, 5) is 19.7. The highest BCUT2D eigenvalue weighted by Crippen LogP contribution is 2.30. The molecule has 28 heavy (non-hydrogen) atoms. The number of aromatic nitrogens is 1. The van der Waals surface area contributed by atoms with Gasteiger partial charge in [-0.2, -0.15) is 13.2 Å². The van der Waals surface area contributed by atoms with Gasteiger partial charge in [-0.05, 0) is 41.5 Å². The molecule has 0 atom stereocenters. The number of guanidine groups is 1. The molecule has 0 saturated heterocycles. The number of hydrogen-bond acceptors (Lipinski definition) is 5. The zero-order valence-corrected chi connectivity index (χ0v) is 17.8. The van der Waals surface area contributed by atoms with Gasteiger partial charge in [0.25, 0.3) is 0 Å². The van der Waals surface area contributed by atoms with Crippen molar-refractivity contribution in [1.82, 2.24) is 20.9 Å². The second kappa shape index (κ2) is 9.44. The number of nitrogens with zero attached hydrogens (tertiary/aromatic N) is 2. The number of alkyl carbamates (subject to hydrolysis) is 1. The van der Waals surface area contributed by atoms with Gasteiger partial charge in [0.2, 0.25) is 0 Å². The molecule has 0 unspecified atom stereocenters. The molecular weight excluding hydrogens is 395 g/mol. The monoisotopic (exact) mass is 423 g/mol. The molecule has 0 bridgehead atoms. The average molecular weight is 424 g/mol. The first-order valence-electron chi connectivity index (χ1n) is 8.77. The van der Waals surface area contributed by atoms with Crippen molar-refractivity contribution >= 4 is 23.4 Å². The van der Waals surface area contributed by atoms with Crippen LogP contribution in [0.3, 0.4) is 0 Å². The fraction of sp³-hybridized carbons (Fsp3) is 0.706. The van der Waals surface area contributed by atoms with Gasteiger partial charge in [-0.1, -0.05) is 0 Å². The van der Waals surface area contributed by atoms with Gasteiger partial charge >= 0.3 is 12.3 Å². The summed E-state index contributed by atoms with van der Waals surface area (Å²) in [6.45, 7) is 11.7. The molecule has 1 aromatic rings. The lowest BCUT2D eigenvalue weighted by Crippen LogP contribution is -2.54. The van der Waals surface area contributed by atoms with E-state index in [0.29, 0.717) is 19.0 Å². The topological polar surface area (TPSA) is 87.6 Å². The van der Waals surface area contributed by atoms with Crippen LogP contribution in [0.5, 0.6) is 0 Å². The number of carbonyl (C=O) groups excluding carboxylic acids is 1. The molecule has 11 heteroatoms. The van der Waals surface area contributed by atoms with Crippen LogP contribution in [0.4, 0.5) is 18.0 Å². The summed E-state index contributed by atoms with van der Waals surface area (Å²) in [6.07, 6.45) is -5.00. The van der Waals surface area contributed by atoms with Gasteiger partial charge in [0.1, 0.15) is 10.6 Å². The van der Waals surface area contributed by atoms with Gasteiger partial charge in [0.15, 0.2) is 11.7 Å². The van der Waals surface area contributed by atoms with E-state index in [9.17, 15) is 18.0 Å². The van der Waals surface area contributed by atoms with E-state index in [1.165, 1.54) is 0 Å². The molecule has 0 spiro atoms. The lowest BCUT2D eigenvalue weighted by atomic mass is 10.1. The van der Waals surface area contributed by atoms with Crippen molar-refractivity contribution in [3.8, 4) is 0 Å². The molecule has 7 nitrogen and oxygen atoms in total. The molecule has 0 aliphatic rings. The summed E-state index contributed by atoms with van der Waals surface area (Å²) in [5.41, 5.74) is -2.17. The van der Waals surface area contributed by atoms with Crippen molar-refractivity contribution in [3.63, 3.8) is 0 Å². The zero-order valence-electron chi connectivity index (χ0n) is 17.0. The summed E-state index contributed by atoms with van der Waals surface area (Å²) in [5.74, 6) is 0.408. The Morgan fingerprint density at radius 1 is 1.21 bits per heavy atom. The van der Waals surface area contributed by atoms with Gasteiger partial charge in [-0.15, -0.1) is 11.3 Å². The minimum atomic E-state index is -4.46. The number of aliphatic imine (C=N–C) groups is 1. The van der Waals surface area contributed by atoms with Crippen LogP contribution in [0, 0.1) is 0 Å². The van der Waals surface area contributed by atoms with Gasteiger partial charge in [-0.3, -0.25) is 0 Å². The zero-order chi connectivity index (χ0) is 21.6. The molecule has 1 heterocycles. The van der Waals surface area contributed by atoms with Crippen molar-refractivity contribution in [1.29, 1.82) is 0 Å². The highest BCUT2D eigenvalue weighted by molar-refractivity contribution is 7.09. The van der Waals surface area contributed by atoms with Crippen molar-refractivity contribution in [3.05, 3.63) is 16.1 Å². The Bertz CT molecular complexity index is 681. The van der Waals surface area contributed by atoms with Gasteiger partial charge in [0.05, 0.1) is 12.1 Å². The van der Waals surface area contributed by atoms with Crippen LogP contribution in [-0.2, 0) is 17.5 Å². The molecule has 0 aromatic carbocycles. The number of alkyl halides is 3. The number of carbonyl (C=O) groups is 1. The van der Waals surface area contributed by atoms with Crippen LogP contribution in [0.25, 0.3) is 0 Å². The summed E-state index contributed by atoms with van der Waals surface area (Å²) in [7, 11) is 0. The number of thiazole rings is 1. The van der Waals surface area contributed by atoms with Crippen LogP contribution in [-0.4, -0.2) is 41.3 Å². The Labute approximate surface area is 167 Å². The molecule has 0 saturated carbocycles.